The van der Waals surface area contributed by atoms with Crippen molar-refractivity contribution in [1.82, 2.24) is 10.2 Å². The van der Waals surface area contributed by atoms with Gasteiger partial charge in [-0.3, -0.25) is 14.5 Å². The summed E-state index contributed by atoms with van der Waals surface area (Å²) in [5.74, 6) is -0.266. The van der Waals surface area contributed by atoms with E-state index in [-0.39, 0.29) is 30.5 Å². The highest BCUT2D eigenvalue weighted by Gasteiger charge is 2.30. The number of methoxy groups -OCH3 is 1. The minimum absolute atomic E-state index is 0.0317. The first kappa shape index (κ1) is 14.0. The Balaban J connectivity index is 2.53. The molecule has 0 saturated carbocycles. The highest BCUT2D eigenvalue weighted by atomic mass is 16.5. The number of carbonyl (C=O) groups is 2. The number of nitrogens with zero attached hydrogens (tertiary/aromatic N) is 1. The second kappa shape index (κ2) is 6.59. The van der Waals surface area contributed by atoms with E-state index in [1.165, 1.54) is 7.11 Å². The van der Waals surface area contributed by atoms with Gasteiger partial charge in [-0.1, -0.05) is 6.42 Å². The van der Waals surface area contributed by atoms with Crippen molar-refractivity contribution < 1.29 is 14.3 Å². The number of hydrogen-bond donors (Lipinski definition) is 1. The lowest BCUT2D eigenvalue weighted by Gasteiger charge is -2.33. The minimum atomic E-state index is -0.258. The van der Waals surface area contributed by atoms with Crippen molar-refractivity contribution in [3.8, 4) is 0 Å². The van der Waals surface area contributed by atoms with Crippen LogP contribution in [-0.2, 0) is 14.3 Å². The quantitative estimate of drug-likeness (QED) is 0.731. The van der Waals surface area contributed by atoms with Crippen LogP contribution in [0.5, 0.6) is 0 Å². The Kier molecular flexibility index (Phi) is 5.41. The van der Waals surface area contributed by atoms with E-state index in [4.69, 9.17) is 4.74 Å². The Hall–Kier alpha value is -1.10. The Labute approximate surface area is 102 Å². The largest absolute Gasteiger partial charge is 0.468 e. The van der Waals surface area contributed by atoms with Crippen LogP contribution >= 0.6 is 0 Å². The van der Waals surface area contributed by atoms with E-state index < -0.39 is 0 Å². The average molecular weight is 242 g/mol. The third-order valence-electron chi connectivity index (χ3n) is 2.88. The second-order valence-corrected chi connectivity index (χ2v) is 4.73. The first-order chi connectivity index (χ1) is 8.04. The molecule has 1 saturated heterocycles. The Bertz CT molecular complexity index is 279. The van der Waals surface area contributed by atoms with Gasteiger partial charge in [-0.15, -0.1) is 0 Å². The smallest absolute Gasteiger partial charge is 0.323 e. The molecule has 0 aromatic rings. The highest BCUT2D eigenvalue weighted by molar-refractivity contribution is 5.80. The predicted molar refractivity (Wildman–Crippen MR) is 64.5 cm³/mol. The van der Waals surface area contributed by atoms with Gasteiger partial charge in [0.2, 0.25) is 5.91 Å². The van der Waals surface area contributed by atoms with Crippen LogP contribution in [0, 0.1) is 0 Å². The molecular weight excluding hydrogens is 220 g/mol. The molecule has 1 aliphatic heterocycles. The van der Waals surface area contributed by atoms with Crippen LogP contribution in [0.4, 0.5) is 0 Å². The lowest BCUT2D eigenvalue weighted by Crippen LogP contribution is -2.50. The van der Waals surface area contributed by atoms with Crippen molar-refractivity contribution in [2.75, 3.05) is 20.2 Å². The summed E-state index contributed by atoms with van der Waals surface area (Å²) in [7, 11) is 1.39. The van der Waals surface area contributed by atoms with Crippen molar-refractivity contribution >= 4 is 11.9 Å². The Morgan fingerprint density at radius 1 is 1.41 bits per heavy atom. The maximum Gasteiger partial charge on any atom is 0.323 e. The van der Waals surface area contributed by atoms with E-state index in [1.54, 1.807) is 0 Å². The molecule has 0 spiro atoms. The van der Waals surface area contributed by atoms with Crippen LogP contribution in [0.1, 0.15) is 33.1 Å². The third kappa shape index (κ3) is 4.34. The number of esters is 1. The van der Waals surface area contributed by atoms with Gasteiger partial charge in [-0.25, -0.2) is 0 Å². The van der Waals surface area contributed by atoms with Gasteiger partial charge in [-0.05, 0) is 33.2 Å². The highest BCUT2D eigenvalue weighted by Crippen LogP contribution is 2.17. The summed E-state index contributed by atoms with van der Waals surface area (Å²) >= 11 is 0. The zero-order valence-corrected chi connectivity index (χ0v) is 10.9. The summed E-state index contributed by atoms with van der Waals surface area (Å²) in [6, 6.07) is -0.129. The number of ether oxygens (including phenoxy) is 1. The van der Waals surface area contributed by atoms with Crippen molar-refractivity contribution in [3.63, 3.8) is 0 Å². The van der Waals surface area contributed by atoms with E-state index in [2.05, 4.69) is 5.32 Å². The van der Waals surface area contributed by atoms with E-state index in [9.17, 15) is 9.59 Å². The van der Waals surface area contributed by atoms with Crippen LogP contribution in [-0.4, -0.2) is 49.1 Å². The van der Waals surface area contributed by atoms with Crippen molar-refractivity contribution in [2.24, 2.45) is 0 Å². The monoisotopic (exact) mass is 242 g/mol. The normalized spacial score (nSPS) is 21.3. The lowest BCUT2D eigenvalue weighted by molar-refractivity contribution is -0.148. The number of hydrogen-bond acceptors (Lipinski definition) is 4. The average Bonchev–Trinajstić information content (AvgIpc) is 2.27. The van der Waals surface area contributed by atoms with E-state index >= 15 is 0 Å². The molecule has 0 bridgehead atoms. The fourth-order valence-electron chi connectivity index (χ4n) is 2.14. The maximum atomic E-state index is 11.7. The van der Waals surface area contributed by atoms with Crippen molar-refractivity contribution in [1.29, 1.82) is 0 Å². The predicted octanol–water partition coefficient (Wildman–Crippen LogP) is 0.539. The molecule has 1 atom stereocenters. The maximum absolute atomic E-state index is 11.7. The number of likely N-dealkylation sites (tertiary alicyclic amines) is 1. The lowest BCUT2D eigenvalue weighted by atomic mass is 10.0. The standard InChI is InChI=1S/C12H22N2O3/c1-9(2)13-11(15)8-14-7-5-4-6-10(14)12(16)17-3/h9-10H,4-8H2,1-3H3,(H,13,15). The van der Waals surface area contributed by atoms with Crippen LogP contribution in [0.2, 0.25) is 0 Å². The molecule has 0 aromatic heterocycles. The first-order valence-electron chi connectivity index (χ1n) is 6.16. The number of rotatable bonds is 4. The molecule has 98 valence electrons. The van der Waals surface area contributed by atoms with Crippen LogP contribution in [0.15, 0.2) is 0 Å². The molecule has 1 aliphatic rings. The summed E-state index contributed by atoms with van der Waals surface area (Å²) < 4.78 is 4.77. The second-order valence-electron chi connectivity index (χ2n) is 4.73. The van der Waals surface area contributed by atoms with Gasteiger partial charge in [0.1, 0.15) is 6.04 Å². The number of piperidine rings is 1. The zero-order valence-electron chi connectivity index (χ0n) is 10.9. The fourth-order valence-corrected chi connectivity index (χ4v) is 2.14. The van der Waals surface area contributed by atoms with E-state index in [0.717, 1.165) is 25.8 Å². The molecule has 0 aliphatic carbocycles. The molecular formula is C12H22N2O3. The van der Waals surface area contributed by atoms with Crippen LogP contribution in [0.25, 0.3) is 0 Å². The number of amides is 1. The summed E-state index contributed by atoms with van der Waals surface area (Å²) in [6.07, 6.45) is 2.83. The summed E-state index contributed by atoms with van der Waals surface area (Å²) in [5.41, 5.74) is 0. The molecule has 0 radical (unpaired) electrons. The molecule has 1 amide bonds. The minimum Gasteiger partial charge on any atom is -0.468 e. The SMILES string of the molecule is COC(=O)C1CCCCN1CC(=O)NC(C)C. The molecule has 0 aromatic carbocycles. The van der Waals surface area contributed by atoms with Crippen LogP contribution < -0.4 is 5.32 Å². The number of carbonyl (C=O) groups excluding carboxylic acids is 2. The molecule has 1 rings (SSSR count). The fraction of sp³-hybridized carbons (Fsp3) is 0.833. The molecule has 1 N–H and O–H groups in total. The van der Waals surface area contributed by atoms with Gasteiger partial charge in [0.25, 0.3) is 0 Å². The van der Waals surface area contributed by atoms with E-state index in [1.807, 2.05) is 18.7 Å². The Morgan fingerprint density at radius 3 is 2.71 bits per heavy atom. The number of nitrogens with one attached hydrogen (secondary N) is 1. The van der Waals surface area contributed by atoms with Crippen molar-refractivity contribution in [2.45, 2.75) is 45.2 Å². The van der Waals surface area contributed by atoms with Gasteiger partial charge in [0, 0.05) is 6.04 Å². The Morgan fingerprint density at radius 2 is 2.12 bits per heavy atom. The molecule has 5 nitrogen and oxygen atoms in total. The van der Waals surface area contributed by atoms with E-state index in [0.29, 0.717) is 0 Å². The van der Waals surface area contributed by atoms with Gasteiger partial charge < -0.3 is 10.1 Å². The molecule has 5 heteroatoms. The third-order valence-corrected chi connectivity index (χ3v) is 2.88. The zero-order chi connectivity index (χ0) is 12.8. The topological polar surface area (TPSA) is 58.6 Å². The summed E-state index contributed by atoms with van der Waals surface area (Å²) in [4.78, 5) is 25.2. The van der Waals surface area contributed by atoms with Crippen molar-refractivity contribution in [3.05, 3.63) is 0 Å². The molecule has 1 heterocycles. The summed E-state index contributed by atoms with van der Waals surface area (Å²) in [5, 5.41) is 2.83. The van der Waals surface area contributed by atoms with Gasteiger partial charge >= 0.3 is 5.97 Å². The van der Waals surface area contributed by atoms with Gasteiger partial charge in [0.15, 0.2) is 0 Å². The molecule has 1 unspecified atom stereocenters. The molecule has 1 fully saturated rings. The first-order valence-corrected chi connectivity index (χ1v) is 6.16. The van der Waals surface area contributed by atoms with Gasteiger partial charge in [0.05, 0.1) is 13.7 Å². The van der Waals surface area contributed by atoms with Crippen LogP contribution in [0.3, 0.4) is 0 Å². The van der Waals surface area contributed by atoms with Gasteiger partial charge in [-0.2, -0.15) is 0 Å². The summed E-state index contributed by atoms with van der Waals surface area (Å²) in [6.45, 7) is 4.90. The molecule has 17 heavy (non-hydrogen) atoms.